The van der Waals surface area contributed by atoms with Gasteiger partial charge in [-0.25, -0.2) is 0 Å². The third-order valence-corrected chi connectivity index (χ3v) is 4.18. The van der Waals surface area contributed by atoms with Crippen LogP contribution in [0.1, 0.15) is 18.7 Å². The Hall–Kier alpha value is -3.34. The summed E-state index contributed by atoms with van der Waals surface area (Å²) in [4.78, 5) is 38.2. The maximum Gasteiger partial charge on any atom is 0.309 e. The van der Waals surface area contributed by atoms with Gasteiger partial charge < -0.3 is 4.98 Å². The Labute approximate surface area is 151 Å². The number of nitrogens with zero attached hydrogens (tertiary/aromatic N) is 4. The van der Waals surface area contributed by atoms with E-state index in [4.69, 9.17) is 12.2 Å². The van der Waals surface area contributed by atoms with Crippen LogP contribution in [0.2, 0.25) is 0 Å². The molecule has 134 valence electrons. The van der Waals surface area contributed by atoms with Gasteiger partial charge in [-0.3, -0.25) is 29.8 Å². The normalized spacial score (nSPS) is 12.1. The quantitative estimate of drug-likeness (QED) is 0.407. The van der Waals surface area contributed by atoms with Crippen LogP contribution < -0.4 is 11.0 Å². The van der Waals surface area contributed by atoms with Gasteiger partial charge in [0.2, 0.25) is 0 Å². The average molecular weight is 374 g/mol. The summed E-state index contributed by atoms with van der Waals surface area (Å²) in [6, 6.07) is 5.86. The second-order valence-electron chi connectivity index (χ2n) is 5.61. The third kappa shape index (κ3) is 2.99. The molecule has 1 unspecified atom stereocenters. The first kappa shape index (κ1) is 17.5. The topological polar surface area (TPSA) is 128 Å². The number of hydrogen-bond acceptors (Lipinski definition) is 6. The van der Waals surface area contributed by atoms with Crippen LogP contribution in [0.3, 0.4) is 0 Å². The number of aryl methyl sites for hydroxylation is 1. The highest BCUT2D eigenvalue weighted by molar-refractivity contribution is 7.71. The molecule has 0 aliphatic carbocycles. The molecule has 0 saturated heterocycles. The lowest BCUT2D eigenvalue weighted by atomic mass is 10.2. The molecule has 0 saturated carbocycles. The fourth-order valence-corrected chi connectivity index (χ4v) is 2.68. The van der Waals surface area contributed by atoms with Crippen LogP contribution in [0.15, 0.2) is 35.3 Å². The summed E-state index contributed by atoms with van der Waals surface area (Å²) < 4.78 is 2.12. The summed E-state index contributed by atoms with van der Waals surface area (Å²) in [5.74, 6) is -0.598. The Balaban J connectivity index is 1.94. The number of aromatic amines is 1. The van der Waals surface area contributed by atoms with E-state index in [1.165, 1.54) is 24.7 Å². The van der Waals surface area contributed by atoms with Crippen LogP contribution in [0.4, 0.5) is 5.69 Å². The Morgan fingerprint density at radius 3 is 2.77 bits per heavy atom. The molecule has 1 atom stereocenters. The molecule has 0 bridgehead atoms. The van der Waals surface area contributed by atoms with Crippen LogP contribution in [0.25, 0.3) is 10.9 Å². The summed E-state index contributed by atoms with van der Waals surface area (Å²) in [5.41, 5.74) is 2.50. The number of para-hydroxylation sites is 1. The zero-order chi connectivity index (χ0) is 19.0. The molecule has 2 N–H and O–H groups in total. The molecule has 11 heteroatoms. The lowest BCUT2D eigenvalue weighted by Crippen LogP contribution is -2.37. The fourth-order valence-electron chi connectivity index (χ4n) is 2.44. The number of carbonyl (C=O) groups is 1. The number of nitrogens with one attached hydrogen (secondary N) is 2. The number of benzene rings is 1. The summed E-state index contributed by atoms with van der Waals surface area (Å²) >= 11 is 5.13. The Bertz CT molecular complexity index is 1140. The van der Waals surface area contributed by atoms with Gasteiger partial charge in [0.1, 0.15) is 17.9 Å². The van der Waals surface area contributed by atoms with Crippen molar-refractivity contribution in [3.63, 3.8) is 0 Å². The number of carbonyl (C=O) groups excluding carboxylic acids is 1. The first-order valence-corrected chi connectivity index (χ1v) is 7.95. The SMILES string of the molecule is Cc1nn(C(C)C(=O)Nn2c(=S)[nH]c3ccccc3c2=O)cc1[N+](=O)[O-]. The molecule has 10 nitrogen and oxygen atoms in total. The number of amides is 1. The van der Waals surface area contributed by atoms with Gasteiger partial charge in [-0.05, 0) is 38.2 Å². The fraction of sp³-hybridized carbons (Fsp3) is 0.200. The lowest BCUT2D eigenvalue weighted by Gasteiger charge is -2.14. The minimum absolute atomic E-state index is 0.0249. The van der Waals surface area contributed by atoms with Crippen molar-refractivity contribution in [1.29, 1.82) is 0 Å². The van der Waals surface area contributed by atoms with Crippen molar-refractivity contribution in [2.75, 3.05) is 5.43 Å². The molecule has 3 rings (SSSR count). The van der Waals surface area contributed by atoms with Gasteiger partial charge in [0, 0.05) is 0 Å². The molecule has 2 heterocycles. The molecule has 1 aromatic carbocycles. The van der Waals surface area contributed by atoms with E-state index < -0.39 is 22.4 Å². The summed E-state index contributed by atoms with van der Waals surface area (Å²) in [6.45, 7) is 2.98. The van der Waals surface area contributed by atoms with Crippen LogP contribution in [0, 0.1) is 21.8 Å². The van der Waals surface area contributed by atoms with Gasteiger partial charge in [0.05, 0.1) is 15.8 Å². The number of fused-ring (bicyclic) bond motifs is 1. The highest BCUT2D eigenvalue weighted by Gasteiger charge is 2.23. The van der Waals surface area contributed by atoms with Gasteiger partial charge in [-0.1, -0.05) is 12.1 Å². The molecule has 0 aliphatic heterocycles. The number of hydrogen-bond donors (Lipinski definition) is 2. The van der Waals surface area contributed by atoms with Crippen molar-refractivity contribution in [2.24, 2.45) is 0 Å². The van der Waals surface area contributed by atoms with Gasteiger partial charge in [0.25, 0.3) is 11.5 Å². The summed E-state index contributed by atoms with van der Waals surface area (Å²) in [7, 11) is 0. The Morgan fingerprint density at radius 2 is 2.12 bits per heavy atom. The van der Waals surface area contributed by atoms with Crippen molar-refractivity contribution in [3.05, 3.63) is 61.4 Å². The maximum atomic E-state index is 12.5. The van der Waals surface area contributed by atoms with Crippen LogP contribution in [0.5, 0.6) is 0 Å². The summed E-state index contributed by atoms with van der Waals surface area (Å²) in [5, 5.41) is 15.3. The molecule has 3 aromatic rings. The highest BCUT2D eigenvalue weighted by Crippen LogP contribution is 2.18. The number of aromatic nitrogens is 4. The third-order valence-electron chi connectivity index (χ3n) is 3.89. The number of H-pyrrole nitrogens is 1. The second kappa shape index (κ2) is 6.52. The van der Waals surface area contributed by atoms with E-state index in [1.54, 1.807) is 24.3 Å². The average Bonchev–Trinajstić information content (AvgIpc) is 2.99. The van der Waals surface area contributed by atoms with Crippen molar-refractivity contribution >= 4 is 34.7 Å². The molecular weight excluding hydrogens is 360 g/mol. The minimum Gasteiger partial charge on any atom is -0.330 e. The number of nitro groups is 1. The van der Waals surface area contributed by atoms with Crippen molar-refractivity contribution in [2.45, 2.75) is 19.9 Å². The largest absolute Gasteiger partial charge is 0.330 e. The highest BCUT2D eigenvalue weighted by atomic mass is 32.1. The first-order valence-electron chi connectivity index (χ1n) is 7.54. The van der Waals surface area contributed by atoms with E-state index in [-0.39, 0.29) is 16.2 Å². The smallest absolute Gasteiger partial charge is 0.309 e. The standard InChI is InChI=1S/C15H14N6O4S/c1-8-12(21(24)25)7-19(17-8)9(2)13(22)18-20-14(23)10-5-3-4-6-11(10)16-15(20)26/h3-7,9H,1-2H3,(H,16,26)(H,18,22). The van der Waals surface area contributed by atoms with E-state index in [1.807, 2.05) is 0 Å². The molecule has 26 heavy (non-hydrogen) atoms. The van der Waals surface area contributed by atoms with E-state index >= 15 is 0 Å². The maximum absolute atomic E-state index is 12.5. The molecule has 1 amide bonds. The van der Waals surface area contributed by atoms with Gasteiger partial charge >= 0.3 is 5.69 Å². The Kier molecular flexibility index (Phi) is 4.38. The molecule has 2 aromatic heterocycles. The van der Waals surface area contributed by atoms with Crippen LogP contribution >= 0.6 is 12.2 Å². The lowest BCUT2D eigenvalue weighted by molar-refractivity contribution is -0.385. The molecule has 0 spiro atoms. The van der Waals surface area contributed by atoms with E-state index in [0.29, 0.717) is 10.9 Å². The second-order valence-corrected chi connectivity index (χ2v) is 5.99. The zero-order valence-corrected chi connectivity index (χ0v) is 14.6. The molecule has 0 fully saturated rings. The van der Waals surface area contributed by atoms with Crippen LogP contribution in [-0.4, -0.2) is 30.3 Å². The van der Waals surface area contributed by atoms with Gasteiger partial charge in [0.15, 0.2) is 4.77 Å². The van der Waals surface area contributed by atoms with Gasteiger partial charge in [-0.15, -0.1) is 0 Å². The molecule has 0 aliphatic rings. The monoisotopic (exact) mass is 374 g/mol. The van der Waals surface area contributed by atoms with E-state index in [0.717, 1.165) is 4.68 Å². The van der Waals surface area contributed by atoms with Crippen molar-refractivity contribution in [3.8, 4) is 0 Å². The predicted molar refractivity (Wildman–Crippen MR) is 96.1 cm³/mol. The van der Waals surface area contributed by atoms with Crippen molar-refractivity contribution in [1.82, 2.24) is 19.4 Å². The van der Waals surface area contributed by atoms with E-state index in [2.05, 4.69) is 15.5 Å². The van der Waals surface area contributed by atoms with E-state index in [9.17, 15) is 19.7 Å². The minimum atomic E-state index is -0.893. The zero-order valence-electron chi connectivity index (χ0n) is 13.8. The Morgan fingerprint density at radius 1 is 1.42 bits per heavy atom. The molecular formula is C15H14N6O4S. The van der Waals surface area contributed by atoms with Crippen molar-refractivity contribution < 1.29 is 9.72 Å². The molecule has 0 radical (unpaired) electrons. The van der Waals surface area contributed by atoms with Gasteiger partial charge in [-0.2, -0.15) is 9.77 Å². The first-order chi connectivity index (χ1) is 12.3. The van der Waals surface area contributed by atoms with Crippen LogP contribution in [-0.2, 0) is 4.79 Å². The number of rotatable bonds is 4. The summed E-state index contributed by atoms with van der Waals surface area (Å²) in [6.07, 6.45) is 1.17. The predicted octanol–water partition coefficient (Wildman–Crippen LogP) is 1.80.